The number of fused-ring (bicyclic) bond motifs is 1. The Hall–Kier alpha value is -1.45. The number of methoxy groups -OCH3 is 1. The lowest BCUT2D eigenvalue weighted by atomic mass is 9.90. The number of benzene rings is 1. The highest BCUT2D eigenvalue weighted by Crippen LogP contribution is 2.30. The molecule has 0 bridgehead atoms. The molecule has 0 aliphatic heterocycles. The summed E-state index contributed by atoms with van der Waals surface area (Å²) in [7, 11) is 1.80. The highest BCUT2D eigenvalue weighted by Gasteiger charge is 2.26. The molecule has 1 heterocycles. The molecule has 114 valence electrons. The van der Waals surface area contributed by atoms with Crippen molar-refractivity contribution in [3.05, 3.63) is 42.2 Å². The van der Waals surface area contributed by atoms with Gasteiger partial charge in [0.1, 0.15) is 0 Å². The largest absolute Gasteiger partial charge is 0.379 e. The number of hydrogen-bond acceptors (Lipinski definition) is 3. The van der Waals surface area contributed by atoms with Crippen LogP contribution < -0.4 is 5.32 Å². The lowest BCUT2D eigenvalue weighted by molar-refractivity contribution is 0.0330. The molecule has 3 nitrogen and oxygen atoms in total. The zero-order chi connectivity index (χ0) is 15.2. The summed E-state index contributed by atoms with van der Waals surface area (Å²) < 4.78 is 5.80. The van der Waals surface area contributed by atoms with Crippen molar-refractivity contribution in [2.45, 2.75) is 39.3 Å². The lowest BCUT2D eigenvalue weighted by Crippen LogP contribution is -2.37. The molecule has 2 unspecified atom stereocenters. The first-order chi connectivity index (χ1) is 10.2. The van der Waals surface area contributed by atoms with E-state index in [-0.39, 0.29) is 12.1 Å². The number of rotatable bonds is 7. The maximum absolute atomic E-state index is 5.80. The predicted octanol–water partition coefficient (Wildman–Crippen LogP) is 3.95. The second-order valence-electron chi connectivity index (χ2n) is 5.82. The predicted molar refractivity (Wildman–Crippen MR) is 88.4 cm³/mol. The number of nitrogens with zero attached hydrogens (tertiary/aromatic N) is 1. The van der Waals surface area contributed by atoms with E-state index in [0.717, 1.165) is 13.0 Å². The first-order valence-electron chi connectivity index (χ1n) is 7.77. The van der Waals surface area contributed by atoms with E-state index in [2.05, 4.69) is 55.3 Å². The van der Waals surface area contributed by atoms with Crippen LogP contribution in [0, 0.1) is 5.92 Å². The Morgan fingerprint density at radius 2 is 2.05 bits per heavy atom. The van der Waals surface area contributed by atoms with E-state index in [1.54, 1.807) is 7.11 Å². The Morgan fingerprint density at radius 3 is 2.71 bits per heavy atom. The molecule has 0 saturated heterocycles. The molecule has 0 aliphatic rings. The number of aromatic nitrogens is 1. The fourth-order valence-corrected chi connectivity index (χ4v) is 2.91. The van der Waals surface area contributed by atoms with Crippen LogP contribution in [0.2, 0.25) is 0 Å². The average Bonchev–Trinajstić information content (AvgIpc) is 2.50. The molecule has 2 atom stereocenters. The molecular weight excluding hydrogens is 260 g/mol. The molecular formula is C18H26N2O. The summed E-state index contributed by atoms with van der Waals surface area (Å²) in [5.74, 6) is 0.446. The first-order valence-corrected chi connectivity index (χ1v) is 7.77. The van der Waals surface area contributed by atoms with E-state index in [1.807, 2.05) is 12.4 Å². The van der Waals surface area contributed by atoms with Crippen molar-refractivity contribution in [1.29, 1.82) is 0 Å². The Kier molecular flexibility index (Phi) is 5.71. The van der Waals surface area contributed by atoms with Crippen LogP contribution in [-0.4, -0.2) is 24.7 Å². The maximum atomic E-state index is 5.80. The monoisotopic (exact) mass is 286 g/mol. The van der Waals surface area contributed by atoms with Gasteiger partial charge >= 0.3 is 0 Å². The fourth-order valence-electron chi connectivity index (χ4n) is 2.91. The third-order valence-corrected chi connectivity index (χ3v) is 3.92. The minimum absolute atomic E-state index is 0.148. The second-order valence-corrected chi connectivity index (χ2v) is 5.82. The van der Waals surface area contributed by atoms with Crippen LogP contribution in [0.4, 0.5) is 0 Å². The van der Waals surface area contributed by atoms with Crippen molar-refractivity contribution in [2.75, 3.05) is 13.7 Å². The van der Waals surface area contributed by atoms with Crippen molar-refractivity contribution < 1.29 is 4.74 Å². The molecule has 0 saturated carbocycles. The molecule has 0 aliphatic carbocycles. The van der Waals surface area contributed by atoms with Gasteiger partial charge in [0.05, 0.1) is 12.1 Å². The number of ether oxygens (including phenoxy) is 1. The van der Waals surface area contributed by atoms with Gasteiger partial charge in [-0.05, 0) is 35.9 Å². The van der Waals surface area contributed by atoms with Crippen LogP contribution in [0.15, 0.2) is 36.7 Å². The Morgan fingerprint density at radius 1 is 1.24 bits per heavy atom. The van der Waals surface area contributed by atoms with Crippen LogP contribution in [0.25, 0.3) is 10.8 Å². The van der Waals surface area contributed by atoms with Crippen molar-refractivity contribution in [1.82, 2.24) is 10.3 Å². The van der Waals surface area contributed by atoms with Crippen LogP contribution in [0.3, 0.4) is 0 Å². The standard InChI is InChI=1S/C18H26N2O/c1-5-10-20-17(18(21-4)13(2)3)16-8-6-7-14-12-19-11-9-15(14)16/h6-9,11-13,17-18,20H,5,10H2,1-4H3. The summed E-state index contributed by atoms with van der Waals surface area (Å²) in [6.45, 7) is 7.59. The van der Waals surface area contributed by atoms with Gasteiger partial charge in [-0.25, -0.2) is 0 Å². The lowest BCUT2D eigenvalue weighted by Gasteiger charge is -2.31. The van der Waals surface area contributed by atoms with Crippen LogP contribution in [-0.2, 0) is 4.74 Å². The first kappa shape index (κ1) is 15.9. The van der Waals surface area contributed by atoms with Gasteiger partial charge in [-0.3, -0.25) is 4.98 Å². The minimum Gasteiger partial charge on any atom is -0.379 e. The zero-order valence-electron chi connectivity index (χ0n) is 13.5. The maximum Gasteiger partial charge on any atom is 0.0788 e. The molecule has 0 spiro atoms. The molecule has 2 rings (SSSR count). The Labute approximate surface area is 127 Å². The van der Waals surface area contributed by atoms with Crippen LogP contribution in [0.1, 0.15) is 38.8 Å². The van der Waals surface area contributed by atoms with Gasteiger partial charge in [-0.2, -0.15) is 0 Å². The van der Waals surface area contributed by atoms with Gasteiger partial charge in [0.25, 0.3) is 0 Å². The summed E-state index contributed by atoms with van der Waals surface area (Å²) in [6.07, 6.45) is 5.04. The summed E-state index contributed by atoms with van der Waals surface area (Å²) in [5, 5.41) is 6.10. The van der Waals surface area contributed by atoms with Gasteiger partial charge in [0.2, 0.25) is 0 Å². The van der Waals surface area contributed by atoms with E-state index < -0.39 is 0 Å². The van der Waals surface area contributed by atoms with Crippen molar-refractivity contribution in [3.63, 3.8) is 0 Å². The number of nitrogens with one attached hydrogen (secondary N) is 1. The molecule has 1 N–H and O–H groups in total. The average molecular weight is 286 g/mol. The topological polar surface area (TPSA) is 34.2 Å². The van der Waals surface area contributed by atoms with Crippen LogP contribution >= 0.6 is 0 Å². The van der Waals surface area contributed by atoms with Crippen molar-refractivity contribution >= 4 is 10.8 Å². The summed E-state index contributed by atoms with van der Waals surface area (Å²) in [5.41, 5.74) is 1.30. The molecule has 3 heteroatoms. The molecule has 1 aromatic heterocycles. The summed E-state index contributed by atoms with van der Waals surface area (Å²) in [6, 6.07) is 8.70. The molecule has 21 heavy (non-hydrogen) atoms. The van der Waals surface area contributed by atoms with Gasteiger partial charge in [-0.1, -0.05) is 39.0 Å². The fraction of sp³-hybridized carbons (Fsp3) is 0.500. The number of pyridine rings is 1. The third-order valence-electron chi connectivity index (χ3n) is 3.92. The smallest absolute Gasteiger partial charge is 0.0788 e. The van der Waals surface area contributed by atoms with Gasteiger partial charge in [0.15, 0.2) is 0 Å². The molecule has 1 aromatic carbocycles. The summed E-state index contributed by atoms with van der Waals surface area (Å²) >= 11 is 0. The third kappa shape index (κ3) is 3.60. The van der Waals surface area contributed by atoms with Crippen molar-refractivity contribution in [3.8, 4) is 0 Å². The molecule has 0 radical (unpaired) electrons. The molecule has 2 aromatic rings. The van der Waals surface area contributed by atoms with Gasteiger partial charge in [-0.15, -0.1) is 0 Å². The van der Waals surface area contributed by atoms with E-state index in [1.165, 1.54) is 16.3 Å². The number of hydrogen-bond donors (Lipinski definition) is 1. The van der Waals surface area contributed by atoms with Gasteiger partial charge < -0.3 is 10.1 Å². The minimum atomic E-state index is 0.148. The van der Waals surface area contributed by atoms with Gasteiger partial charge in [0, 0.05) is 24.9 Å². The quantitative estimate of drug-likeness (QED) is 0.837. The van der Waals surface area contributed by atoms with E-state index in [9.17, 15) is 0 Å². The van der Waals surface area contributed by atoms with E-state index >= 15 is 0 Å². The van der Waals surface area contributed by atoms with E-state index in [4.69, 9.17) is 4.74 Å². The molecule has 0 amide bonds. The van der Waals surface area contributed by atoms with Crippen LogP contribution in [0.5, 0.6) is 0 Å². The van der Waals surface area contributed by atoms with Crippen molar-refractivity contribution in [2.24, 2.45) is 5.92 Å². The highest BCUT2D eigenvalue weighted by atomic mass is 16.5. The van der Waals surface area contributed by atoms with E-state index in [0.29, 0.717) is 5.92 Å². The SMILES string of the molecule is CCCNC(c1cccc2cnccc12)C(OC)C(C)C. The zero-order valence-corrected chi connectivity index (χ0v) is 13.5. The molecule has 0 fully saturated rings. The highest BCUT2D eigenvalue weighted by molar-refractivity contribution is 5.85. The normalized spacial score (nSPS) is 14.5. The Balaban J connectivity index is 2.47. The summed E-state index contributed by atoms with van der Waals surface area (Å²) in [4.78, 5) is 4.22. The Bertz CT molecular complexity index is 563. The second kappa shape index (κ2) is 7.53.